The Kier molecular flexibility index (Phi) is 31.6. The maximum absolute atomic E-state index is 2.31. The molecule has 2 heteroatoms. The number of hydrogen-bond donors (Lipinski definition) is 0. The van der Waals surface area contributed by atoms with Gasteiger partial charge in [-0.1, -0.05) is 167 Å². The number of quaternary nitrogens is 1. The predicted octanol–water partition coefficient (Wildman–Crippen LogP) is 8.25. The lowest BCUT2D eigenvalue weighted by atomic mass is 10.0. The summed E-state index contributed by atoms with van der Waals surface area (Å²) in [5, 5.41) is 0. The fraction of sp³-hybridized carbons (Fsp3) is 1.00. The van der Waals surface area contributed by atoms with Gasteiger partial charge in [0.05, 0.1) is 27.7 Å². The zero-order chi connectivity index (χ0) is 24.3. The first-order valence-electron chi connectivity index (χ1n) is 15.9. The molecule has 1 nitrogen and oxygen atoms in total. The van der Waals surface area contributed by atoms with Crippen LogP contribution in [-0.2, 0) is 0 Å². The molecule has 0 saturated heterocycles. The third-order valence-electron chi connectivity index (χ3n) is 7.43. The molecule has 0 rings (SSSR count). The van der Waals surface area contributed by atoms with Crippen LogP contribution < -0.4 is 12.4 Å². The molecule has 0 aromatic rings. The first-order valence-corrected chi connectivity index (χ1v) is 15.9. The summed E-state index contributed by atoms with van der Waals surface area (Å²) in [5.41, 5.74) is 0. The van der Waals surface area contributed by atoms with Crippen LogP contribution in [0.15, 0.2) is 0 Å². The predicted molar refractivity (Wildman–Crippen MR) is 153 cm³/mol. The van der Waals surface area contributed by atoms with Crippen LogP contribution in [-0.4, -0.2) is 32.2 Å². The number of hydrogen-bond acceptors (Lipinski definition) is 0. The fourth-order valence-electron chi connectivity index (χ4n) is 5.08. The average Bonchev–Trinajstić information content (AvgIpc) is 2.78. The van der Waals surface area contributed by atoms with E-state index in [1.807, 2.05) is 0 Å². The standard InChI is InChI=1S/C32H68N.ClH/c1-5-6-7-8-9-10-11-12-13-14-15-16-17-18-19-20-21-22-23-24-25-26-27-28-29-30-31-32-33(2,3)4;/h5-32H2,1-4H3;1H/q+1;/p-1. The van der Waals surface area contributed by atoms with Crippen LogP contribution >= 0.6 is 0 Å². The molecule has 0 aromatic heterocycles. The molecule has 0 aliphatic heterocycles. The van der Waals surface area contributed by atoms with E-state index < -0.39 is 0 Å². The van der Waals surface area contributed by atoms with Gasteiger partial charge < -0.3 is 16.9 Å². The lowest BCUT2D eigenvalue weighted by molar-refractivity contribution is -0.870. The van der Waals surface area contributed by atoms with Crippen LogP contribution in [0.25, 0.3) is 0 Å². The molecule has 0 heterocycles. The van der Waals surface area contributed by atoms with E-state index in [4.69, 9.17) is 0 Å². The van der Waals surface area contributed by atoms with E-state index in [1.165, 1.54) is 180 Å². The maximum atomic E-state index is 2.31. The second-order valence-electron chi connectivity index (χ2n) is 12.2. The summed E-state index contributed by atoms with van der Waals surface area (Å²) in [6, 6.07) is 0. The van der Waals surface area contributed by atoms with Crippen molar-refractivity contribution in [1.29, 1.82) is 0 Å². The Morgan fingerprint density at radius 1 is 0.294 bits per heavy atom. The Hall–Kier alpha value is 0.250. The highest BCUT2D eigenvalue weighted by Gasteiger charge is 2.05. The normalized spacial score (nSPS) is 11.6. The van der Waals surface area contributed by atoms with Crippen molar-refractivity contribution >= 4 is 0 Å². The Morgan fingerprint density at radius 3 is 0.647 bits per heavy atom. The molecule has 0 aliphatic rings. The Balaban J connectivity index is 0. The van der Waals surface area contributed by atoms with Gasteiger partial charge in [0.15, 0.2) is 0 Å². The summed E-state index contributed by atoms with van der Waals surface area (Å²) in [5.74, 6) is 0. The van der Waals surface area contributed by atoms with Gasteiger partial charge in [0.1, 0.15) is 0 Å². The molecule has 0 radical (unpaired) electrons. The van der Waals surface area contributed by atoms with Crippen LogP contribution in [0.3, 0.4) is 0 Å². The summed E-state index contributed by atoms with van der Waals surface area (Å²) in [7, 11) is 6.92. The summed E-state index contributed by atoms with van der Waals surface area (Å²) in [4.78, 5) is 0. The van der Waals surface area contributed by atoms with E-state index in [0.717, 1.165) is 4.48 Å². The number of nitrogens with zero attached hydrogens (tertiary/aromatic N) is 1. The highest BCUT2D eigenvalue weighted by molar-refractivity contribution is 4.52. The van der Waals surface area contributed by atoms with E-state index in [1.54, 1.807) is 0 Å². The summed E-state index contributed by atoms with van der Waals surface area (Å²) in [6.45, 7) is 3.64. The summed E-state index contributed by atoms with van der Waals surface area (Å²) in [6.07, 6.45) is 39.8. The Morgan fingerprint density at radius 2 is 0.471 bits per heavy atom. The average molecular weight is 502 g/mol. The van der Waals surface area contributed by atoms with Crippen molar-refractivity contribution in [1.82, 2.24) is 0 Å². The molecule has 0 fully saturated rings. The quantitative estimate of drug-likeness (QED) is 0.0747. The van der Waals surface area contributed by atoms with Gasteiger partial charge in [0, 0.05) is 0 Å². The Labute approximate surface area is 224 Å². The van der Waals surface area contributed by atoms with Gasteiger partial charge in [-0.3, -0.25) is 0 Å². The van der Waals surface area contributed by atoms with Crippen molar-refractivity contribution in [2.45, 2.75) is 180 Å². The van der Waals surface area contributed by atoms with Gasteiger partial charge in [-0.15, -0.1) is 0 Å². The molecule has 0 amide bonds. The van der Waals surface area contributed by atoms with E-state index in [0.29, 0.717) is 0 Å². The number of halogens is 1. The van der Waals surface area contributed by atoms with E-state index in [-0.39, 0.29) is 12.4 Å². The van der Waals surface area contributed by atoms with E-state index >= 15 is 0 Å². The smallest absolute Gasteiger partial charge is 0.0780 e. The van der Waals surface area contributed by atoms with Crippen LogP contribution in [0.2, 0.25) is 0 Å². The number of rotatable bonds is 28. The molecular formula is C32H68ClN. The maximum Gasteiger partial charge on any atom is 0.0780 e. The highest BCUT2D eigenvalue weighted by Crippen LogP contribution is 2.16. The molecule has 0 aromatic carbocycles. The third kappa shape index (κ3) is 34.4. The molecule has 0 bridgehead atoms. The molecule has 208 valence electrons. The van der Waals surface area contributed by atoms with Crippen molar-refractivity contribution in [3.63, 3.8) is 0 Å². The SMILES string of the molecule is CCCCCCCCCCCCCCCCCCCCCCCCCCCCC[N+](C)(C)C.[Cl-]. The minimum atomic E-state index is 0. The van der Waals surface area contributed by atoms with Gasteiger partial charge in [-0.05, 0) is 12.8 Å². The topological polar surface area (TPSA) is 0 Å². The lowest BCUT2D eigenvalue weighted by Gasteiger charge is -2.23. The molecule has 0 N–H and O–H groups in total. The van der Waals surface area contributed by atoms with Gasteiger partial charge in [-0.25, -0.2) is 0 Å². The minimum absolute atomic E-state index is 0. The van der Waals surface area contributed by atoms with Crippen molar-refractivity contribution in [3.8, 4) is 0 Å². The van der Waals surface area contributed by atoms with E-state index in [2.05, 4.69) is 28.1 Å². The molecule has 34 heavy (non-hydrogen) atoms. The van der Waals surface area contributed by atoms with E-state index in [9.17, 15) is 0 Å². The molecular weight excluding hydrogens is 434 g/mol. The van der Waals surface area contributed by atoms with Gasteiger partial charge in [0.2, 0.25) is 0 Å². The zero-order valence-corrected chi connectivity index (χ0v) is 25.4. The van der Waals surface area contributed by atoms with Crippen molar-refractivity contribution in [3.05, 3.63) is 0 Å². The minimum Gasteiger partial charge on any atom is -1.00 e. The van der Waals surface area contributed by atoms with Crippen LogP contribution in [0.1, 0.15) is 180 Å². The molecule has 0 unspecified atom stereocenters. The van der Waals surface area contributed by atoms with Crippen LogP contribution in [0.5, 0.6) is 0 Å². The second-order valence-corrected chi connectivity index (χ2v) is 12.2. The van der Waals surface area contributed by atoms with Crippen LogP contribution in [0, 0.1) is 0 Å². The molecule has 0 spiro atoms. The van der Waals surface area contributed by atoms with Gasteiger partial charge >= 0.3 is 0 Å². The Bertz CT molecular complexity index is 349. The molecule has 0 saturated carbocycles. The van der Waals surface area contributed by atoms with Crippen molar-refractivity contribution in [2.75, 3.05) is 27.7 Å². The first-order chi connectivity index (χ1) is 16.1. The third-order valence-corrected chi connectivity index (χ3v) is 7.43. The van der Waals surface area contributed by atoms with Gasteiger partial charge in [-0.2, -0.15) is 0 Å². The monoisotopic (exact) mass is 502 g/mol. The second kappa shape index (κ2) is 29.5. The largest absolute Gasteiger partial charge is 1.00 e. The van der Waals surface area contributed by atoms with Crippen LogP contribution in [0.4, 0.5) is 0 Å². The summed E-state index contributed by atoms with van der Waals surface area (Å²) >= 11 is 0. The lowest BCUT2D eigenvalue weighted by Crippen LogP contribution is -3.00. The molecule has 0 atom stereocenters. The first kappa shape index (κ1) is 36.4. The fourth-order valence-corrected chi connectivity index (χ4v) is 5.08. The summed E-state index contributed by atoms with van der Waals surface area (Å²) < 4.78 is 1.12. The van der Waals surface area contributed by atoms with Crippen molar-refractivity contribution in [2.24, 2.45) is 0 Å². The molecule has 0 aliphatic carbocycles. The van der Waals surface area contributed by atoms with Gasteiger partial charge in [0.25, 0.3) is 0 Å². The zero-order valence-electron chi connectivity index (χ0n) is 24.6. The number of unbranched alkanes of at least 4 members (excludes halogenated alkanes) is 26. The highest BCUT2D eigenvalue weighted by atomic mass is 35.5. The van der Waals surface area contributed by atoms with Crippen molar-refractivity contribution < 1.29 is 16.9 Å².